The molecular weight excluding hydrogens is 278 g/mol. The molecule has 0 aliphatic carbocycles. The molecule has 1 amide bonds. The molecule has 0 fully saturated rings. The van der Waals surface area contributed by atoms with Crippen LogP contribution in [0.25, 0.3) is 11.3 Å². The monoisotopic (exact) mass is 291 g/mol. The first-order chi connectivity index (χ1) is 10.8. The van der Waals surface area contributed by atoms with Gasteiger partial charge in [-0.3, -0.25) is 19.7 Å². The van der Waals surface area contributed by atoms with E-state index in [9.17, 15) is 4.79 Å². The maximum atomic E-state index is 11.9. The summed E-state index contributed by atoms with van der Waals surface area (Å²) in [5.74, 6) is -0.254. The van der Waals surface area contributed by atoms with Crippen molar-refractivity contribution in [1.29, 1.82) is 0 Å². The zero-order valence-electron chi connectivity index (χ0n) is 11.7. The number of amides is 1. The fourth-order valence-electron chi connectivity index (χ4n) is 1.95. The third kappa shape index (κ3) is 3.29. The van der Waals surface area contributed by atoms with Gasteiger partial charge < -0.3 is 5.32 Å². The summed E-state index contributed by atoms with van der Waals surface area (Å²) < 4.78 is 0. The van der Waals surface area contributed by atoms with Crippen LogP contribution in [-0.4, -0.2) is 25.8 Å². The molecule has 0 radical (unpaired) electrons. The molecule has 6 heteroatoms. The maximum absolute atomic E-state index is 11.9. The predicted octanol–water partition coefficient (Wildman–Crippen LogP) is 1.86. The smallest absolute Gasteiger partial charge is 0.271 e. The number of nitrogens with one attached hydrogen (secondary N) is 1. The summed E-state index contributed by atoms with van der Waals surface area (Å²) in [4.78, 5) is 28.1. The molecule has 0 aliphatic heterocycles. The summed E-state index contributed by atoms with van der Waals surface area (Å²) in [6.07, 6.45) is 9.62. The van der Waals surface area contributed by atoms with Crippen LogP contribution in [0.2, 0.25) is 0 Å². The third-order valence-corrected chi connectivity index (χ3v) is 3.05. The number of aromatic nitrogens is 4. The van der Waals surface area contributed by atoms with E-state index in [0.29, 0.717) is 12.2 Å². The number of rotatable bonds is 4. The zero-order valence-corrected chi connectivity index (χ0v) is 11.7. The van der Waals surface area contributed by atoms with Gasteiger partial charge in [-0.2, -0.15) is 0 Å². The molecule has 0 spiro atoms. The van der Waals surface area contributed by atoms with E-state index in [1.165, 1.54) is 18.6 Å². The van der Waals surface area contributed by atoms with Crippen LogP contribution in [0, 0.1) is 0 Å². The highest BCUT2D eigenvalue weighted by Gasteiger charge is 2.07. The molecule has 3 rings (SSSR count). The number of hydrogen-bond acceptors (Lipinski definition) is 5. The highest BCUT2D eigenvalue weighted by Crippen LogP contribution is 2.16. The molecule has 3 heterocycles. The average Bonchev–Trinajstić information content (AvgIpc) is 2.61. The molecule has 0 unspecified atom stereocenters. The number of hydrogen-bond donors (Lipinski definition) is 1. The van der Waals surface area contributed by atoms with Crippen molar-refractivity contribution in [3.63, 3.8) is 0 Å². The van der Waals surface area contributed by atoms with E-state index in [2.05, 4.69) is 25.3 Å². The first kappa shape index (κ1) is 13.8. The van der Waals surface area contributed by atoms with Crippen LogP contribution in [0.5, 0.6) is 0 Å². The number of nitrogens with zero attached hydrogens (tertiary/aromatic N) is 4. The molecule has 6 nitrogen and oxygen atoms in total. The Morgan fingerprint density at radius 2 is 1.82 bits per heavy atom. The Kier molecular flexibility index (Phi) is 4.10. The Balaban J connectivity index is 1.70. The molecule has 3 aromatic rings. The van der Waals surface area contributed by atoms with Gasteiger partial charge in [0.05, 0.1) is 11.9 Å². The second-order valence-electron chi connectivity index (χ2n) is 4.56. The van der Waals surface area contributed by atoms with Crippen LogP contribution < -0.4 is 5.32 Å². The minimum absolute atomic E-state index is 0.254. The third-order valence-electron chi connectivity index (χ3n) is 3.05. The quantitative estimate of drug-likeness (QED) is 0.793. The standard InChI is InChI=1S/C16H13N5O/c22-16(15-11-18-7-8-20-15)21-10-12-1-6-19-14(9-12)13-2-4-17-5-3-13/h1-9,11H,10H2,(H,21,22). The van der Waals surface area contributed by atoms with Crippen molar-refractivity contribution in [3.05, 3.63) is 72.7 Å². The van der Waals surface area contributed by atoms with Crippen LogP contribution in [0.4, 0.5) is 0 Å². The van der Waals surface area contributed by atoms with Gasteiger partial charge in [0.1, 0.15) is 5.69 Å². The number of pyridine rings is 2. The van der Waals surface area contributed by atoms with E-state index in [-0.39, 0.29) is 5.91 Å². The van der Waals surface area contributed by atoms with E-state index in [4.69, 9.17) is 0 Å². The first-order valence-corrected chi connectivity index (χ1v) is 6.72. The Hall–Kier alpha value is -3.15. The van der Waals surface area contributed by atoms with Gasteiger partial charge in [-0.1, -0.05) is 0 Å². The fourth-order valence-corrected chi connectivity index (χ4v) is 1.95. The summed E-state index contributed by atoms with van der Waals surface area (Å²) in [5, 5.41) is 2.81. The minimum Gasteiger partial charge on any atom is -0.347 e. The topological polar surface area (TPSA) is 80.7 Å². The van der Waals surface area contributed by atoms with Crippen molar-refractivity contribution in [1.82, 2.24) is 25.3 Å². The second-order valence-corrected chi connectivity index (χ2v) is 4.56. The Morgan fingerprint density at radius 1 is 0.955 bits per heavy atom. The van der Waals surface area contributed by atoms with Crippen molar-refractivity contribution < 1.29 is 4.79 Å². The summed E-state index contributed by atoms with van der Waals surface area (Å²) in [7, 11) is 0. The van der Waals surface area contributed by atoms with Crippen molar-refractivity contribution in [2.75, 3.05) is 0 Å². The van der Waals surface area contributed by atoms with Crippen molar-refractivity contribution in [2.45, 2.75) is 6.54 Å². The second kappa shape index (κ2) is 6.53. The molecule has 1 N–H and O–H groups in total. The van der Waals surface area contributed by atoms with Crippen LogP contribution in [0.3, 0.4) is 0 Å². The molecule has 0 aliphatic rings. The highest BCUT2D eigenvalue weighted by molar-refractivity contribution is 5.91. The minimum atomic E-state index is -0.254. The lowest BCUT2D eigenvalue weighted by Crippen LogP contribution is -2.23. The summed E-state index contributed by atoms with van der Waals surface area (Å²) in [6, 6.07) is 7.59. The molecule has 0 saturated heterocycles. The van der Waals surface area contributed by atoms with Crippen molar-refractivity contribution in [3.8, 4) is 11.3 Å². The Bertz CT molecular complexity index is 762. The fraction of sp³-hybridized carbons (Fsp3) is 0.0625. The van der Waals surface area contributed by atoms with E-state index >= 15 is 0 Å². The molecule has 0 aromatic carbocycles. The zero-order chi connectivity index (χ0) is 15.2. The van der Waals surface area contributed by atoms with Crippen LogP contribution in [-0.2, 0) is 6.54 Å². The van der Waals surface area contributed by atoms with Gasteiger partial charge in [0.25, 0.3) is 5.91 Å². The lowest BCUT2D eigenvalue weighted by molar-refractivity contribution is 0.0945. The lowest BCUT2D eigenvalue weighted by atomic mass is 10.1. The number of carbonyl (C=O) groups is 1. The summed E-state index contributed by atoms with van der Waals surface area (Å²) in [5.41, 5.74) is 3.08. The van der Waals surface area contributed by atoms with E-state index < -0.39 is 0 Å². The Morgan fingerprint density at radius 3 is 2.59 bits per heavy atom. The van der Waals surface area contributed by atoms with E-state index in [1.807, 2.05) is 24.3 Å². The predicted molar refractivity (Wildman–Crippen MR) is 80.7 cm³/mol. The van der Waals surface area contributed by atoms with Gasteiger partial charge in [-0.05, 0) is 29.8 Å². The van der Waals surface area contributed by atoms with Crippen LogP contribution in [0.1, 0.15) is 16.1 Å². The molecule has 108 valence electrons. The normalized spacial score (nSPS) is 10.2. The van der Waals surface area contributed by atoms with Crippen LogP contribution >= 0.6 is 0 Å². The van der Waals surface area contributed by atoms with E-state index in [1.54, 1.807) is 18.6 Å². The molecule has 22 heavy (non-hydrogen) atoms. The van der Waals surface area contributed by atoms with Gasteiger partial charge in [0.15, 0.2) is 0 Å². The number of carbonyl (C=O) groups excluding carboxylic acids is 1. The summed E-state index contributed by atoms with van der Waals surface area (Å²) >= 11 is 0. The molecule has 3 aromatic heterocycles. The van der Waals surface area contributed by atoms with Crippen molar-refractivity contribution in [2.24, 2.45) is 0 Å². The van der Waals surface area contributed by atoms with Gasteiger partial charge in [0, 0.05) is 43.1 Å². The lowest BCUT2D eigenvalue weighted by Gasteiger charge is -2.06. The van der Waals surface area contributed by atoms with Crippen LogP contribution in [0.15, 0.2) is 61.4 Å². The summed E-state index contributed by atoms with van der Waals surface area (Å²) in [6.45, 7) is 0.399. The van der Waals surface area contributed by atoms with Gasteiger partial charge in [-0.25, -0.2) is 4.98 Å². The van der Waals surface area contributed by atoms with Gasteiger partial charge in [-0.15, -0.1) is 0 Å². The van der Waals surface area contributed by atoms with Gasteiger partial charge >= 0.3 is 0 Å². The largest absolute Gasteiger partial charge is 0.347 e. The van der Waals surface area contributed by atoms with Crippen molar-refractivity contribution >= 4 is 5.91 Å². The van der Waals surface area contributed by atoms with E-state index in [0.717, 1.165) is 16.8 Å². The molecular formula is C16H13N5O. The van der Waals surface area contributed by atoms with Gasteiger partial charge in [0.2, 0.25) is 0 Å². The first-order valence-electron chi connectivity index (χ1n) is 6.72. The SMILES string of the molecule is O=C(NCc1ccnc(-c2ccncc2)c1)c1cnccn1. The highest BCUT2D eigenvalue weighted by atomic mass is 16.1. The average molecular weight is 291 g/mol. The Labute approximate surface area is 127 Å². The maximum Gasteiger partial charge on any atom is 0.271 e. The molecule has 0 bridgehead atoms. The molecule has 0 saturated carbocycles. The molecule has 0 atom stereocenters.